The van der Waals surface area contributed by atoms with E-state index >= 15 is 0 Å². The van der Waals surface area contributed by atoms with Gasteiger partial charge in [0, 0.05) is 30.7 Å². The summed E-state index contributed by atoms with van der Waals surface area (Å²) in [7, 11) is -3.62. The number of hydrogen-bond acceptors (Lipinski definition) is 5. The molecule has 0 saturated heterocycles. The number of carbonyl (C=O) groups is 1. The van der Waals surface area contributed by atoms with Gasteiger partial charge in [0.15, 0.2) is 9.84 Å². The molecule has 0 aliphatic rings. The van der Waals surface area contributed by atoms with Crippen LogP contribution in [-0.2, 0) is 20.8 Å². The Morgan fingerprint density at radius 1 is 1.10 bits per heavy atom. The van der Waals surface area contributed by atoms with E-state index in [2.05, 4.69) is 15.6 Å². The highest BCUT2D eigenvalue weighted by atomic mass is 35.5. The van der Waals surface area contributed by atoms with E-state index in [-0.39, 0.29) is 41.0 Å². The van der Waals surface area contributed by atoms with Crippen molar-refractivity contribution >= 4 is 44.8 Å². The molecule has 12 heteroatoms. The van der Waals surface area contributed by atoms with Crippen LogP contribution < -0.4 is 10.6 Å². The van der Waals surface area contributed by atoms with Crippen LogP contribution in [0.2, 0.25) is 10.0 Å². The number of anilines is 1. The Kier molecular flexibility index (Phi) is 7.73. The van der Waals surface area contributed by atoms with E-state index in [1.165, 1.54) is 24.3 Å². The van der Waals surface area contributed by atoms with Crippen LogP contribution in [0.15, 0.2) is 41.4 Å². The smallest absolute Gasteiger partial charge is 0.367 e. The molecule has 158 valence electrons. The SMILES string of the molecule is O=C(CCS(=O)(=O)c1ccc(Cl)cc1)NCCNc1ncc(C(F)(F)F)cc1Cl. The lowest BCUT2D eigenvalue weighted by molar-refractivity contribution is -0.137. The number of hydrogen-bond donors (Lipinski definition) is 2. The summed E-state index contributed by atoms with van der Waals surface area (Å²) in [5.41, 5.74) is -0.969. The fourth-order valence-corrected chi connectivity index (χ4v) is 3.78. The summed E-state index contributed by atoms with van der Waals surface area (Å²) >= 11 is 11.5. The van der Waals surface area contributed by atoms with E-state index in [1.54, 1.807) is 0 Å². The van der Waals surface area contributed by atoms with Gasteiger partial charge in [0.1, 0.15) is 5.82 Å². The fourth-order valence-electron chi connectivity index (χ4n) is 2.18. The highest BCUT2D eigenvalue weighted by molar-refractivity contribution is 7.91. The zero-order chi connectivity index (χ0) is 21.7. The van der Waals surface area contributed by atoms with Gasteiger partial charge < -0.3 is 10.6 Å². The molecule has 2 N–H and O–H groups in total. The van der Waals surface area contributed by atoms with E-state index in [0.29, 0.717) is 11.2 Å². The van der Waals surface area contributed by atoms with Crippen LogP contribution in [0.4, 0.5) is 19.0 Å². The highest BCUT2D eigenvalue weighted by Gasteiger charge is 2.31. The van der Waals surface area contributed by atoms with Gasteiger partial charge in [-0.3, -0.25) is 4.79 Å². The molecule has 0 fully saturated rings. The first kappa shape index (κ1) is 23.2. The molecular weight excluding hydrogens is 454 g/mol. The molecule has 1 heterocycles. The van der Waals surface area contributed by atoms with Crippen LogP contribution in [0.5, 0.6) is 0 Å². The number of benzene rings is 1. The number of amides is 1. The topological polar surface area (TPSA) is 88.2 Å². The average molecular weight is 470 g/mol. The molecule has 1 amide bonds. The third-order valence-corrected chi connectivity index (χ3v) is 5.95. The van der Waals surface area contributed by atoms with Gasteiger partial charge in [0.2, 0.25) is 5.91 Å². The molecule has 0 spiro atoms. The summed E-state index contributed by atoms with van der Waals surface area (Å²) < 4.78 is 62.0. The van der Waals surface area contributed by atoms with Crippen molar-refractivity contribution in [3.05, 3.63) is 52.1 Å². The zero-order valence-electron chi connectivity index (χ0n) is 14.8. The largest absolute Gasteiger partial charge is 0.417 e. The van der Waals surface area contributed by atoms with Crippen molar-refractivity contribution in [2.24, 2.45) is 0 Å². The monoisotopic (exact) mass is 469 g/mol. The first-order chi connectivity index (χ1) is 13.5. The molecule has 0 bridgehead atoms. The number of nitrogens with zero attached hydrogens (tertiary/aromatic N) is 1. The quantitative estimate of drug-likeness (QED) is 0.574. The van der Waals surface area contributed by atoms with Crippen LogP contribution in [-0.4, -0.2) is 38.2 Å². The van der Waals surface area contributed by atoms with Crippen molar-refractivity contribution in [3.63, 3.8) is 0 Å². The highest BCUT2D eigenvalue weighted by Crippen LogP contribution is 2.32. The summed E-state index contributed by atoms with van der Waals surface area (Å²) in [6.07, 6.45) is -4.14. The van der Waals surface area contributed by atoms with Crippen molar-refractivity contribution in [2.75, 3.05) is 24.2 Å². The first-order valence-electron chi connectivity index (χ1n) is 8.21. The molecule has 0 aliphatic heterocycles. The Labute approximate surface area is 175 Å². The van der Waals surface area contributed by atoms with Crippen molar-refractivity contribution < 1.29 is 26.4 Å². The summed E-state index contributed by atoms with van der Waals surface area (Å²) in [5, 5.41) is 5.39. The van der Waals surface area contributed by atoms with E-state index < -0.39 is 27.5 Å². The first-order valence-corrected chi connectivity index (χ1v) is 10.6. The molecule has 0 unspecified atom stereocenters. The Morgan fingerprint density at radius 3 is 2.34 bits per heavy atom. The molecule has 0 saturated carbocycles. The number of pyridine rings is 1. The Morgan fingerprint density at radius 2 is 1.76 bits per heavy atom. The van der Waals surface area contributed by atoms with E-state index in [1.807, 2.05) is 0 Å². The molecule has 0 atom stereocenters. The van der Waals surface area contributed by atoms with Gasteiger partial charge in [-0.25, -0.2) is 13.4 Å². The number of carbonyl (C=O) groups excluding carboxylic acids is 1. The number of aromatic nitrogens is 1. The molecule has 2 aromatic rings. The molecule has 0 radical (unpaired) electrons. The number of halogens is 5. The minimum atomic E-state index is -4.55. The summed E-state index contributed by atoms with van der Waals surface area (Å²) in [6, 6.07) is 6.36. The summed E-state index contributed by atoms with van der Waals surface area (Å²) in [6.45, 7) is 0.229. The van der Waals surface area contributed by atoms with Crippen molar-refractivity contribution in [1.82, 2.24) is 10.3 Å². The maximum Gasteiger partial charge on any atom is 0.417 e. The van der Waals surface area contributed by atoms with Gasteiger partial charge in [-0.05, 0) is 30.3 Å². The van der Waals surface area contributed by atoms with E-state index in [4.69, 9.17) is 23.2 Å². The lowest BCUT2D eigenvalue weighted by atomic mass is 10.3. The lowest BCUT2D eigenvalue weighted by Crippen LogP contribution is -2.30. The number of sulfone groups is 1. The fraction of sp³-hybridized carbons (Fsp3) is 0.294. The minimum Gasteiger partial charge on any atom is -0.367 e. The van der Waals surface area contributed by atoms with Crippen LogP contribution in [0.1, 0.15) is 12.0 Å². The standard InChI is InChI=1S/C17H16Cl2F3N3O3S/c18-12-1-3-13(4-2-12)29(27,28)8-5-15(26)23-6-7-24-16-14(19)9-11(10-25-16)17(20,21)22/h1-4,9-10H,5-8H2,(H,23,26)(H,24,25). The van der Waals surface area contributed by atoms with Gasteiger partial charge in [0.25, 0.3) is 0 Å². The maximum absolute atomic E-state index is 12.6. The van der Waals surface area contributed by atoms with Crippen molar-refractivity contribution in [1.29, 1.82) is 0 Å². The van der Waals surface area contributed by atoms with Crippen LogP contribution in [0.25, 0.3) is 0 Å². The Bertz CT molecular complexity index is 968. The van der Waals surface area contributed by atoms with Crippen molar-refractivity contribution in [3.8, 4) is 0 Å². The maximum atomic E-state index is 12.6. The second-order valence-corrected chi connectivity index (χ2v) is 8.80. The van der Waals surface area contributed by atoms with E-state index in [0.717, 1.165) is 6.07 Å². The molecule has 29 heavy (non-hydrogen) atoms. The third-order valence-electron chi connectivity index (χ3n) is 3.68. The zero-order valence-corrected chi connectivity index (χ0v) is 17.1. The van der Waals surface area contributed by atoms with Gasteiger partial charge in [-0.2, -0.15) is 13.2 Å². The van der Waals surface area contributed by atoms with Gasteiger partial charge in [0.05, 0.1) is 21.2 Å². The molecular formula is C17H16Cl2F3N3O3S. The minimum absolute atomic E-state index is 0.0410. The van der Waals surface area contributed by atoms with Crippen LogP contribution in [0.3, 0.4) is 0 Å². The lowest BCUT2D eigenvalue weighted by Gasteiger charge is -2.11. The molecule has 6 nitrogen and oxygen atoms in total. The predicted molar refractivity (Wildman–Crippen MR) is 104 cm³/mol. The van der Waals surface area contributed by atoms with E-state index in [9.17, 15) is 26.4 Å². The van der Waals surface area contributed by atoms with Gasteiger partial charge in [-0.15, -0.1) is 0 Å². The number of alkyl halides is 3. The third kappa shape index (κ3) is 7.06. The second kappa shape index (κ2) is 9.64. The Balaban J connectivity index is 1.77. The van der Waals surface area contributed by atoms with Gasteiger partial charge in [-0.1, -0.05) is 23.2 Å². The van der Waals surface area contributed by atoms with Gasteiger partial charge >= 0.3 is 6.18 Å². The average Bonchev–Trinajstić information content (AvgIpc) is 2.64. The normalized spacial score (nSPS) is 11.9. The summed E-state index contributed by atoms with van der Waals surface area (Å²) in [4.78, 5) is 15.5. The van der Waals surface area contributed by atoms with Crippen LogP contribution >= 0.6 is 23.2 Å². The Hall–Kier alpha value is -2.04. The summed E-state index contributed by atoms with van der Waals surface area (Å²) in [5.74, 6) is -0.824. The predicted octanol–water partition coefficient (Wildman–Crippen LogP) is 3.80. The second-order valence-electron chi connectivity index (χ2n) is 5.85. The van der Waals surface area contributed by atoms with Crippen molar-refractivity contribution in [2.45, 2.75) is 17.5 Å². The number of rotatable bonds is 8. The molecule has 1 aromatic heterocycles. The molecule has 1 aromatic carbocycles. The molecule has 0 aliphatic carbocycles. The molecule has 2 rings (SSSR count). The van der Waals surface area contributed by atoms with Crippen LogP contribution in [0, 0.1) is 0 Å². The number of nitrogens with one attached hydrogen (secondary N) is 2.